The van der Waals surface area contributed by atoms with Crippen molar-refractivity contribution in [2.45, 2.75) is 12.5 Å². The molecule has 1 atom stereocenters. The number of halogens is 2. The zero-order valence-electron chi connectivity index (χ0n) is 8.86. The maximum Gasteiger partial charge on any atom is 0.0795 e. The van der Waals surface area contributed by atoms with Gasteiger partial charge in [0.05, 0.1) is 17.2 Å². The first-order chi connectivity index (χ1) is 8.22. The highest BCUT2D eigenvalue weighted by molar-refractivity contribution is 7.07. The molecule has 2 aromatic rings. The van der Waals surface area contributed by atoms with Crippen molar-refractivity contribution in [2.24, 2.45) is 5.84 Å². The molecule has 0 saturated carbocycles. The summed E-state index contributed by atoms with van der Waals surface area (Å²) in [6, 6.07) is 5.37. The molecule has 1 unspecified atom stereocenters. The maximum atomic E-state index is 6.12. The summed E-state index contributed by atoms with van der Waals surface area (Å²) in [5.74, 6) is 5.54. The van der Waals surface area contributed by atoms with Crippen LogP contribution in [-0.4, -0.2) is 4.98 Å². The molecular weight excluding hydrogens is 277 g/mol. The fraction of sp³-hybridized carbons (Fsp3) is 0.182. The normalized spacial score (nSPS) is 12.6. The van der Waals surface area contributed by atoms with Gasteiger partial charge < -0.3 is 0 Å². The molecule has 1 aromatic heterocycles. The van der Waals surface area contributed by atoms with Crippen molar-refractivity contribution in [3.05, 3.63) is 50.4 Å². The van der Waals surface area contributed by atoms with Crippen molar-refractivity contribution < 1.29 is 0 Å². The molecule has 0 bridgehead atoms. The average molecular weight is 288 g/mol. The average Bonchev–Trinajstić information content (AvgIpc) is 2.82. The molecule has 0 aliphatic heterocycles. The van der Waals surface area contributed by atoms with Gasteiger partial charge in [-0.1, -0.05) is 29.3 Å². The first-order valence-corrected chi connectivity index (χ1v) is 6.69. The summed E-state index contributed by atoms with van der Waals surface area (Å²) in [4.78, 5) is 4.23. The van der Waals surface area contributed by atoms with E-state index in [-0.39, 0.29) is 6.04 Å². The molecule has 0 aliphatic carbocycles. The molecule has 0 fully saturated rings. The molecule has 3 nitrogen and oxygen atoms in total. The zero-order valence-corrected chi connectivity index (χ0v) is 11.2. The molecule has 2 rings (SSSR count). The fourth-order valence-corrected chi connectivity index (χ4v) is 2.73. The largest absolute Gasteiger partial charge is 0.271 e. The lowest BCUT2D eigenvalue weighted by atomic mass is 10.0. The van der Waals surface area contributed by atoms with Gasteiger partial charge in [-0.2, -0.15) is 0 Å². The number of hydrogen-bond acceptors (Lipinski definition) is 4. The van der Waals surface area contributed by atoms with Gasteiger partial charge in [-0.15, -0.1) is 11.3 Å². The summed E-state index contributed by atoms with van der Waals surface area (Å²) < 4.78 is 0. The molecular formula is C11H11Cl2N3S. The van der Waals surface area contributed by atoms with Crippen molar-refractivity contribution in [3.63, 3.8) is 0 Å². The van der Waals surface area contributed by atoms with E-state index < -0.39 is 0 Å². The molecule has 0 saturated heterocycles. The van der Waals surface area contributed by atoms with E-state index in [4.69, 9.17) is 29.0 Å². The molecule has 17 heavy (non-hydrogen) atoms. The third-order valence-electron chi connectivity index (χ3n) is 2.48. The van der Waals surface area contributed by atoms with Gasteiger partial charge in [-0.25, -0.2) is 4.98 Å². The standard InChI is InChI=1S/C11H11Cl2N3S/c12-8-2-1-3-9(13)7(8)4-10(16-14)11-5-17-6-15-11/h1-3,5-6,10,16H,4,14H2. The van der Waals surface area contributed by atoms with Gasteiger partial charge in [0.15, 0.2) is 0 Å². The Kier molecular flexibility index (Phi) is 4.36. The maximum absolute atomic E-state index is 6.12. The van der Waals surface area contributed by atoms with Crippen LogP contribution in [0, 0.1) is 0 Å². The van der Waals surface area contributed by atoms with Crippen molar-refractivity contribution in [3.8, 4) is 0 Å². The zero-order chi connectivity index (χ0) is 12.3. The quantitative estimate of drug-likeness (QED) is 0.671. The third kappa shape index (κ3) is 2.97. The van der Waals surface area contributed by atoms with Gasteiger partial charge in [-0.3, -0.25) is 11.3 Å². The highest BCUT2D eigenvalue weighted by Crippen LogP contribution is 2.28. The summed E-state index contributed by atoms with van der Waals surface area (Å²) in [5, 5.41) is 3.25. The Balaban J connectivity index is 2.25. The van der Waals surface area contributed by atoms with E-state index in [2.05, 4.69) is 10.4 Å². The van der Waals surface area contributed by atoms with Crippen LogP contribution in [0.3, 0.4) is 0 Å². The molecule has 0 amide bonds. The summed E-state index contributed by atoms with van der Waals surface area (Å²) in [6.45, 7) is 0. The Bertz CT molecular complexity index is 467. The lowest BCUT2D eigenvalue weighted by molar-refractivity contribution is 0.541. The van der Waals surface area contributed by atoms with Gasteiger partial charge in [0.25, 0.3) is 0 Å². The number of nitrogens with one attached hydrogen (secondary N) is 1. The second-order valence-electron chi connectivity index (χ2n) is 3.54. The van der Waals surface area contributed by atoms with Crippen LogP contribution in [0.15, 0.2) is 29.1 Å². The molecule has 1 aromatic carbocycles. The monoisotopic (exact) mass is 287 g/mol. The van der Waals surface area contributed by atoms with E-state index in [9.17, 15) is 0 Å². The Morgan fingerprint density at radius 1 is 1.35 bits per heavy atom. The topological polar surface area (TPSA) is 50.9 Å². The summed E-state index contributed by atoms with van der Waals surface area (Å²) >= 11 is 13.8. The van der Waals surface area contributed by atoms with Crippen LogP contribution in [0.25, 0.3) is 0 Å². The predicted molar refractivity (Wildman–Crippen MR) is 72.3 cm³/mol. The van der Waals surface area contributed by atoms with E-state index in [1.807, 2.05) is 23.6 Å². The second-order valence-corrected chi connectivity index (χ2v) is 5.07. The minimum atomic E-state index is -0.0846. The van der Waals surface area contributed by atoms with E-state index in [1.54, 1.807) is 5.51 Å². The minimum Gasteiger partial charge on any atom is -0.271 e. The summed E-state index contributed by atoms with van der Waals surface area (Å²) in [7, 11) is 0. The second kappa shape index (κ2) is 5.80. The molecule has 1 heterocycles. The first-order valence-electron chi connectivity index (χ1n) is 4.99. The van der Waals surface area contributed by atoms with Crippen molar-refractivity contribution in [1.82, 2.24) is 10.4 Å². The number of nitrogens with two attached hydrogens (primary N) is 1. The number of thiazole rings is 1. The summed E-state index contributed by atoms with van der Waals surface area (Å²) in [6.07, 6.45) is 0.610. The Morgan fingerprint density at radius 2 is 2.06 bits per heavy atom. The van der Waals surface area contributed by atoms with Crippen LogP contribution in [0.4, 0.5) is 0 Å². The smallest absolute Gasteiger partial charge is 0.0795 e. The minimum absolute atomic E-state index is 0.0846. The van der Waals surface area contributed by atoms with E-state index in [0.717, 1.165) is 11.3 Å². The van der Waals surface area contributed by atoms with E-state index >= 15 is 0 Å². The van der Waals surface area contributed by atoms with Crippen LogP contribution in [-0.2, 0) is 6.42 Å². The SMILES string of the molecule is NNC(Cc1c(Cl)cccc1Cl)c1cscn1. The van der Waals surface area contributed by atoms with Crippen LogP contribution in [0.1, 0.15) is 17.3 Å². The van der Waals surface area contributed by atoms with Gasteiger partial charge in [0.2, 0.25) is 0 Å². The number of aromatic nitrogens is 1. The predicted octanol–water partition coefficient (Wildman–Crippen LogP) is 3.20. The summed E-state index contributed by atoms with van der Waals surface area (Å²) in [5.41, 5.74) is 6.28. The Morgan fingerprint density at radius 3 is 2.59 bits per heavy atom. The van der Waals surface area contributed by atoms with E-state index in [1.165, 1.54) is 11.3 Å². The number of nitrogens with zero attached hydrogens (tertiary/aromatic N) is 1. The molecule has 0 radical (unpaired) electrons. The highest BCUT2D eigenvalue weighted by Gasteiger charge is 2.16. The third-order valence-corrected chi connectivity index (χ3v) is 3.79. The first kappa shape index (κ1) is 12.8. The Hall–Kier alpha value is -0.650. The lowest BCUT2D eigenvalue weighted by Crippen LogP contribution is -2.30. The van der Waals surface area contributed by atoms with E-state index in [0.29, 0.717) is 16.5 Å². The van der Waals surface area contributed by atoms with Crippen molar-refractivity contribution in [2.75, 3.05) is 0 Å². The number of benzene rings is 1. The van der Waals surface area contributed by atoms with Gasteiger partial charge in [0.1, 0.15) is 0 Å². The lowest BCUT2D eigenvalue weighted by Gasteiger charge is -2.15. The van der Waals surface area contributed by atoms with Gasteiger partial charge in [0, 0.05) is 15.4 Å². The van der Waals surface area contributed by atoms with Gasteiger partial charge in [-0.05, 0) is 24.1 Å². The molecule has 90 valence electrons. The number of rotatable bonds is 4. The molecule has 0 aliphatic rings. The molecule has 6 heteroatoms. The molecule has 3 N–H and O–H groups in total. The van der Waals surface area contributed by atoms with Gasteiger partial charge >= 0.3 is 0 Å². The van der Waals surface area contributed by atoms with Crippen LogP contribution in [0.2, 0.25) is 10.0 Å². The van der Waals surface area contributed by atoms with Crippen molar-refractivity contribution in [1.29, 1.82) is 0 Å². The highest BCUT2D eigenvalue weighted by atomic mass is 35.5. The van der Waals surface area contributed by atoms with Crippen LogP contribution >= 0.6 is 34.5 Å². The number of hydrogen-bond donors (Lipinski definition) is 2. The molecule has 0 spiro atoms. The van der Waals surface area contributed by atoms with Crippen LogP contribution < -0.4 is 11.3 Å². The number of hydrazine groups is 1. The fourth-order valence-electron chi connectivity index (χ4n) is 1.57. The van der Waals surface area contributed by atoms with Crippen LogP contribution in [0.5, 0.6) is 0 Å². The van der Waals surface area contributed by atoms with Crippen molar-refractivity contribution >= 4 is 34.5 Å². The Labute approximate surface area is 114 Å².